The zero-order chi connectivity index (χ0) is 23.4. The Kier molecular flexibility index (Phi) is 6.40. The number of carbonyl (C=O) groups excluding carboxylic acids is 3. The van der Waals surface area contributed by atoms with E-state index in [1.165, 1.54) is 0 Å². The van der Waals surface area contributed by atoms with Crippen LogP contribution >= 0.6 is 0 Å². The number of hydrogen-bond acceptors (Lipinski definition) is 4. The lowest BCUT2D eigenvalue weighted by atomic mass is 10.1. The van der Waals surface area contributed by atoms with Crippen molar-refractivity contribution in [3.8, 4) is 5.75 Å². The molecule has 1 saturated heterocycles. The molecule has 0 bridgehead atoms. The summed E-state index contributed by atoms with van der Waals surface area (Å²) in [6.07, 6.45) is 0.125. The Morgan fingerprint density at radius 1 is 0.939 bits per heavy atom. The molecule has 2 N–H and O–H groups in total. The van der Waals surface area contributed by atoms with Gasteiger partial charge < -0.3 is 20.3 Å². The van der Waals surface area contributed by atoms with E-state index in [1.54, 1.807) is 60.5 Å². The third-order valence-corrected chi connectivity index (χ3v) is 5.62. The summed E-state index contributed by atoms with van der Waals surface area (Å²) in [5.74, 6) is -0.546. The first-order chi connectivity index (χ1) is 15.9. The summed E-state index contributed by atoms with van der Waals surface area (Å²) >= 11 is 0. The van der Waals surface area contributed by atoms with E-state index in [1.807, 2.05) is 31.2 Å². The molecule has 7 nitrogen and oxygen atoms in total. The second-order valence-corrected chi connectivity index (χ2v) is 7.96. The van der Waals surface area contributed by atoms with Crippen molar-refractivity contribution in [2.45, 2.75) is 13.3 Å². The van der Waals surface area contributed by atoms with Crippen LogP contribution in [0.2, 0.25) is 0 Å². The Morgan fingerprint density at radius 2 is 1.64 bits per heavy atom. The van der Waals surface area contributed by atoms with E-state index in [4.69, 9.17) is 4.74 Å². The molecular weight excluding hydrogens is 418 g/mol. The fraction of sp³-hybridized carbons (Fsp3) is 0.192. The Labute approximate surface area is 192 Å². The number of benzene rings is 3. The molecule has 7 heteroatoms. The molecule has 0 unspecified atom stereocenters. The van der Waals surface area contributed by atoms with Gasteiger partial charge in [0.05, 0.1) is 24.3 Å². The molecule has 0 radical (unpaired) electrons. The van der Waals surface area contributed by atoms with Crippen LogP contribution in [0.25, 0.3) is 0 Å². The smallest absolute Gasteiger partial charge is 0.257 e. The number of rotatable bonds is 6. The third-order valence-electron chi connectivity index (χ3n) is 5.62. The van der Waals surface area contributed by atoms with Crippen molar-refractivity contribution >= 4 is 34.8 Å². The summed E-state index contributed by atoms with van der Waals surface area (Å²) in [7, 11) is 1.57. The van der Waals surface area contributed by atoms with Gasteiger partial charge in [0.25, 0.3) is 5.91 Å². The summed E-state index contributed by atoms with van der Waals surface area (Å²) < 4.78 is 5.13. The van der Waals surface area contributed by atoms with Crippen LogP contribution in [0.1, 0.15) is 22.3 Å². The number of ether oxygens (including phenoxy) is 1. The molecule has 3 aromatic carbocycles. The van der Waals surface area contributed by atoms with Gasteiger partial charge in [-0.25, -0.2) is 0 Å². The van der Waals surface area contributed by atoms with E-state index < -0.39 is 5.92 Å². The molecular formula is C26H25N3O4. The van der Waals surface area contributed by atoms with E-state index >= 15 is 0 Å². The second-order valence-electron chi connectivity index (χ2n) is 7.96. The minimum absolute atomic E-state index is 0.0930. The predicted molar refractivity (Wildman–Crippen MR) is 128 cm³/mol. The molecule has 0 aliphatic carbocycles. The summed E-state index contributed by atoms with van der Waals surface area (Å²) in [5, 5.41) is 5.67. The first-order valence-corrected chi connectivity index (χ1v) is 10.7. The fourth-order valence-corrected chi connectivity index (χ4v) is 3.76. The number of amides is 3. The quantitative estimate of drug-likeness (QED) is 0.596. The molecule has 1 fully saturated rings. The number of carbonyl (C=O) groups is 3. The number of anilines is 3. The van der Waals surface area contributed by atoms with Crippen LogP contribution in [0, 0.1) is 12.8 Å². The van der Waals surface area contributed by atoms with E-state index in [9.17, 15) is 14.4 Å². The van der Waals surface area contributed by atoms with Crippen molar-refractivity contribution in [2.75, 3.05) is 29.2 Å². The summed E-state index contributed by atoms with van der Waals surface area (Å²) in [6.45, 7) is 2.28. The Hall–Kier alpha value is -4.13. The number of nitrogens with one attached hydrogen (secondary N) is 2. The van der Waals surface area contributed by atoms with Gasteiger partial charge in [0.2, 0.25) is 11.8 Å². The SMILES string of the molecule is COc1ccc(NC(=O)c2ccccc2NC(=O)[C@H]2CC(=O)N(c3ccc(C)cc3)C2)cc1. The number of hydrogen-bond donors (Lipinski definition) is 2. The van der Waals surface area contributed by atoms with Crippen LogP contribution in [0.4, 0.5) is 17.1 Å². The fourth-order valence-electron chi connectivity index (χ4n) is 3.76. The molecule has 168 valence electrons. The zero-order valence-corrected chi connectivity index (χ0v) is 18.5. The van der Waals surface area contributed by atoms with Gasteiger partial charge in [-0.3, -0.25) is 14.4 Å². The maximum absolute atomic E-state index is 13.0. The van der Waals surface area contributed by atoms with Crippen LogP contribution in [-0.4, -0.2) is 31.4 Å². The van der Waals surface area contributed by atoms with Crippen molar-refractivity contribution in [1.29, 1.82) is 0 Å². The first-order valence-electron chi connectivity index (χ1n) is 10.7. The second kappa shape index (κ2) is 9.56. The van der Waals surface area contributed by atoms with Gasteiger partial charge in [0, 0.05) is 24.3 Å². The van der Waals surface area contributed by atoms with Gasteiger partial charge >= 0.3 is 0 Å². The zero-order valence-electron chi connectivity index (χ0n) is 18.5. The van der Waals surface area contributed by atoms with Crippen LogP contribution in [-0.2, 0) is 9.59 Å². The monoisotopic (exact) mass is 443 g/mol. The van der Waals surface area contributed by atoms with Gasteiger partial charge in [0.1, 0.15) is 5.75 Å². The van der Waals surface area contributed by atoms with Gasteiger partial charge in [-0.1, -0.05) is 29.8 Å². The number of methoxy groups -OCH3 is 1. The topological polar surface area (TPSA) is 87.7 Å². The molecule has 0 saturated carbocycles. The minimum Gasteiger partial charge on any atom is -0.497 e. The van der Waals surface area contributed by atoms with Gasteiger partial charge in [-0.2, -0.15) is 0 Å². The molecule has 1 aliphatic heterocycles. The van der Waals surface area contributed by atoms with Gasteiger partial charge in [-0.05, 0) is 55.5 Å². The first kappa shape index (κ1) is 22.1. The van der Waals surface area contributed by atoms with Crippen LogP contribution in [0.15, 0.2) is 72.8 Å². The highest BCUT2D eigenvalue weighted by Gasteiger charge is 2.35. The summed E-state index contributed by atoms with van der Waals surface area (Å²) in [4.78, 5) is 40.0. The molecule has 1 heterocycles. The average Bonchev–Trinajstić information content (AvgIpc) is 3.22. The molecule has 0 spiro atoms. The van der Waals surface area contributed by atoms with Crippen molar-refractivity contribution in [3.05, 3.63) is 83.9 Å². The van der Waals surface area contributed by atoms with E-state index in [-0.39, 0.29) is 24.1 Å². The largest absolute Gasteiger partial charge is 0.497 e. The number of para-hydroxylation sites is 1. The molecule has 3 aromatic rings. The van der Waals surface area contributed by atoms with Crippen molar-refractivity contribution < 1.29 is 19.1 Å². The van der Waals surface area contributed by atoms with Crippen molar-refractivity contribution in [1.82, 2.24) is 0 Å². The van der Waals surface area contributed by atoms with Crippen LogP contribution in [0.5, 0.6) is 5.75 Å². The molecule has 4 rings (SSSR count). The highest BCUT2D eigenvalue weighted by Crippen LogP contribution is 2.27. The highest BCUT2D eigenvalue weighted by molar-refractivity contribution is 6.11. The maximum atomic E-state index is 13.0. The number of aryl methyl sites for hydroxylation is 1. The van der Waals surface area contributed by atoms with E-state index in [0.29, 0.717) is 29.2 Å². The maximum Gasteiger partial charge on any atom is 0.257 e. The van der Waals surface area contributed by atoms with E-state index in [0.717, 1.165) is 11.3 Å². The molecule has 1 atom stereocenters. The summed E-state index contributed by atoms with van der Waals surface area (Å²) in [6, 6.07) is 21.4. The molecule has 0 aromatic heterocycles. The molecule has 3 amide bonds. The minimum atomic E-state index is -0.503. The Balaban J connectivity index is 1.45. The Morgan fingerprint density at radius 3 is 2.33 bits per heavy atom. The van der Waals surface area contributed by atoms with Crippen LogP contribution < -0.4 is 20.3 Å². The lowest BCUT2D eigenvalue weighted by Crippen LogP contribution is -2.28. The average molecular weight is 444 g/mol. The normalized spacial score (nSPS) is 15.3. The summed E-state index contributed by atoms with van der Waals surface area (Å²) in [5.41, 5.74) is 3.22. The van der Waals surface area contributed by atoms with Crippen molar-refractivity contribution in [3.63, 3.8) is 0 Å². The lowest BCUT2D eigenvalue weighted by Gasteiger charge is -2.17. The Bertz CT molecular complexity index is 1170. The van der Waals surface area contributed by atoms with E-state index in [2.05, 4.69) is 10.6 Å². The van der Waals surface area contributed by atoms with Gasteiger partial charge in [-0.15, -0.1) is 0 Å². The molecule has 33 heavy (non-hydrogen) atoms. The highest BCUT2D eigenvalue weighted by atomic mass is 16.5. The third kappa shape index (κ3) is 5.03. The van der Waals surface area contributed by atoms with Crippen molar-refractivity contribution in [2.24, 2.45) is 5.92 Å². The molecule has 1 aliphatic rings. The number of nitrogens with zero attached hydrogens (tertiary/aromatic N) is 1. The lowest BCUT2D eigenvalue weighted by molar-refractivity contribution is -0.122. The van der Waals surface area contributed by atoms with Crippen LogP contribution in [0.3, 0.4) is 0 Å². The predicted octanol–water partition coefficient (Wildman–Crippen LogP) is 4.25. The standard InChI is InChI=1S/C26H25N3O4/c1-17-7-11-20(12-8-17)29-16-18(15-24(29)30)25(31)28-23-6-4-3-5-22(23)26(32)27-19-9-13-21(33-2)14-10-19/h3-14,18H,15-16H2,1-2H3,(H,27,32)(H,28,31)/t18-/m0/s1. The van der Waals surface area contributed by atoms with Gasteiger partial charge in [0.15, 0.2) is 0 Å².